The molecule has 4 aromatic rings. The Hall–Kier alpha value is -3.97. The molecule has 0 spiro atoms. The Morgan fingerprint density at radius 2 is 1.69 bits per heavy atom. The number of esters is 1. The molecule has 36 heavy (non-hydrogen) atoms. The standard InChI is InChI=1S/C29H31NO6/c1-2-3-6-19-13-27(33)25(28(34)14-19)17-30-16-21(24-7-4-5-8-26(24)30)15-23(32)18-36-29(35)20-9-11-22(31)12-10-20/h4-5,7-14,16,23,31-34H,2-3,6,15,17-18H2,1H3. The largest absolute Gasteiger partial charge is 0.508 e. The van der Waals surface area contributed by atoms with Crippen molar-refractivity contribution in [2.45, 2.75) is 45.3 Å². The highest BCUT2D eigenvalue weighted by Crippen LogP contribution is 2.32. The zero-order chi connectivity index (χ0) is 25.7. The molecule has 3 aromatic carbocycles. The van der Waals surface area contributed by atoms with E-state index in [0.29, 0.717) is 5.56 Å². The summed E-state index contributed by atoms with van der Waals surface area (Å²) in [7, 11) is 0. The Bertz CT molecular complexity index is 1320. The molecule has 0 bridgehead atoms. The second kappa shape index (κ2) is 11.2. The number of carbonyl (C=O) groups is 1. The summed E-state index contributed by atoms with van der Waals surface area (Å²) in [5.74, 6) is -0.412. The molecule has 0 saturated heterocycles. The zero-order valence-corrected chi connectivity index (χ0v) is 20.2. The number of nitrogens with zero attached hydrogens (tertiary/aromatic N) is 1. The van der Waals surface area contributed by atoms with E-state index in [1.165, 1.54) is 24.3 Å². The first kappa shape index (κ1) is 25.1. The number of aromatic nitrogens is 1. The molecule has 0 aliphatic carbocycles. The fourth-order valence-corrected chi connectivity index (χ4v) is 4.34. The third-order valence-corrected chi connectivity index (χ3v) is 6.25. The first-order valence-electron chi connectivity index (χ1n) is 12.1. The molecule has 4 rings (SSSR count). The third kappa shape index (κ3) is 5.80. The lowest BCUT2D eigenvalue weighted by Crippen LogP contribution is -2.21. The summed E-state index contributed by atoms with van der Waals surface area (Å²) >= 11 is 0. The monoisotopic (exact) mass is 489 g/mol. The normalized spacial score (nSPS) is 12.1. The molecule has 0 aliphatic rings. The number of aromatic hydroxyl groups is 3. The summed E-state index contributed by atoms with van der Waals surface area (Å²) in [6.45, 7) is 2.18. The minimum Gasteiger partial charge on any atom is -0.508 e. The van der Waals surface area contributed by atoms with Crippen molar-refractivity contribution in [3.63, 3.8) is 0 Å². The van der Waals surface area contributed by atoms with Crippen LogP contribution in [0.3, 0.4) is 0 Å². The molecule has 0 aliphatic heterocycles. The third-order valence-electron chi connectivity index (χ3n) is 6.25. The highest BCUT2D eigenvalue weighted by atomic mass is 16.5. The molecule has 0 radical (unpaired) electrons. The number of para-hydroxylation sites is 1. The number of aryl methyl sites for hydroxylation is 1. The van der Waals surface area contributed by atoms with Crippen LogP contribution < -0.4 is 0 Å². The van der Waals surface area contributed by atoms with Gasteiger partial charge in [0.25, 0.3) is 0 Å². The van der Waals surface area contributed by atoms with Gasteiger partial charge in [0.15, 0.2) is 0 Å². The fourth-order valence-electron chi connectivity index (χ4n) is 4.34. The molecular formula is C29H31NO6. The molecule has 0 fully saturated rings. The predicted octanol–water partition coefficient (Wildman–Crippen LogP) is 4.91. The van der Waals surface area contributed by atoms with Gasteiger partial charge in [-0.2, -0.15) is 0 Å². The Labute approximate surface area is 209 Å². The maximum absolute atomic E-state index is 12.2. The summed E-state index contributed by atoms with van der Waals surface area (Å²) in [5.41, 5.74) is 3.38. The van der Waals surface area contributed by atoms with Gasteiger partial charge in [0, 0.05) is 23.5 Å². The topological polar surface area (TPSA) is 112 Å². The minimum atomic E-state index is -0.926. The van der Waals surface area contributed by atoms with Gasteiger partial charge in [0.2, 0.25) is 0 Å². The number of hydrogen-bond donors (Lipinski definition) is 4. The molecule has 7 nitrogen and oxygen atoms in total. The van der Waals surface area contributed by atoms with Crippen molar-refractivity contribution in [1.82, 2.24) is 4.57 Å². The van der Waals surface area contributed by atoms with Gasteiger partial charge in [-0.25, -0.2) is 4.79 Å². The average molecular weight is 490 g/mol. The van der Waals surface area contributed by atoms with Crippen molar-refractivity contribution in [3.8, 4) is 17.2 Å². The van der Waals surface area contributed by atoms with Crippen LogP contribution in [0.15, 0.2) is 66.9 Å². The average Bonchev–Trinajstić information content (AvgIpc) is 3.21. The Morgan fingerprint density at radius 1 is 1.00 bits per heavy atom. The first-order chi connectivity index (χ1) is 17.4. The van der Waals surface area contributed by atoms with Crippen LogP contribution in [0.5, 0.6) is 17.2 Å². The molecule has 1 heterocycles. The summed E-state index contributed by atoms with van der Waals surface area (Å²) in [4.78, 5) is 12.2. The van der Waals surface area contributed by atoms with E-state index < -0.39 is 12.1 Å². The summed E-state index contributed by atoms with van der Waals surface area (Å²) < 4.78 is 7.17. The number of phenols is 3. The van der Waals surface area contributed by atoms with E-state index in [2.05, 4.69) is 6.92 Å². The lowest BCUT2D eigenvalue weighted by molar-refractivity contribution is 0.0259. The maximum atomic E-state index is 12.2. The van der Waals surface area contributed by atoms with Crippen LogP contribution in [-0.4, -0.2) is 43.7 Å². The first-order valence-corrected chi connectivity index (χ1v) is 12.1. The van der Waals surface area contributed by atoms with E-state index in [4.69, 9.17) is 4.74 Å². The molecule has 0 amide bonds. The van der Waals surface area contributed by atoms with Crippen molar-refractivity contribution in [1.29, 1.82) is 0 Å². The van der Waals surface area contributed by atoms with Gasteiger partial charge in [-0.15, -0.1) is 0 Å². The van der Waals surface area contributed by atoms with E-state index in [0.717, 1.165) is 41.3 Å². The SMILES string of the molecule is CCCCc1cc(O)c(Cn2cc(CC(O)COC(=O)c3ccc(O)cc3)c3ccccc32)c(O)c1. The minimum absolute atomic E-state index is 0.0528. The number of rotatable bonds is 10. The molecular weight excluding hydrogens is 458 g/mol. The van der Waals surface area contributed by atoms with Crippen LogP contribution >= 0.6 is 0 Å². The summed E-state index contributed by atoms with van der Waals surface area (Å²) in [6, 6.07) is 16.8. The van der Waals surface area contributed by atoms with Gasteiger partial charge < -0.3 is 29.7 Å². The van der Waals surface area contributed by atoms with Crippen LogP contribution in [0, 0.1) is 0 Å². The fraction of sp³-hybridized carbons (Fsp3) is 0.276. The molecule has 7 heteroatoms. The smallest absolute Gasteiger partial charge is 0.338 e. The summed E-state index contributed by atoms with van der Waals surface area (Å²) in [5, 5.41) is 42.1. The van der Waals surface area contributed by atoms with Crippen molar-refractivity contribution < 1.29 is 30.0 Å². The highest BCUT2D eigenvalue weighted by molar-refractivity contribution is 5.89. The Balaban J connectivity index is 1.49. The Kier molecular flexibility index (Phi) is 7.80. The van der Waals surface area contributed by atoms with Crippen molar-refractivity contribution in [2.75, 3.05) is 6.61 Å². The van der Waals surface area contributed by atoms with Crippen LogP contribution in [-0.2, 0) is 24.1 Å². The Morgan fingerprint density at radius 3 is 2.39 bits per heavy atom. The second-order valence-corrected chi connectivity index (χ2v) is 9.02. The van der Waals surface area contributed by atoms with Crippen molar-refractivity contribution in [3.05, 3.63) is 89.1 Å². The summed E-state index contributed by atoms with van der Waals surface area (Å²) in [6.07, 6.45) is 4.03. The lowest BCUT2D eigenvalue weighted by Gasteiger charge is -2.12. The van der Waals surface area contributed by atoms with E-state index >= 15 is 0 Å². The van der Waals surface area contributed by atoms with Gasteiger partial charge in [0.1, 0.15) is 23.9 Å². The maximum Gasteiger partial charge on any atom is 0.338 e. The number of hydrogen-bond acceptors (Lipinski definition) is 6. The molecule has 1 atom stereocenters. The van der Waals surface area contributed by atoms with Gasteiger partial charge in [-0.1, -0.05) is 31.5 Å². The van der Waals surface area contributed by atoms with Crippen LogP contribution in [0.1, 0.15) is 46.8 Å². The highest BCUT2D eigenvalue weighted by Gasteiger charge is 2.17. The van der Waals surface area contributed by atoms with Gasteiger partial charge in [0.05, 0.1) is 23.8 Å². The van der Waals surface area contributed by atoms with Crippen molar-refractivity contribution in [2.24, 2.45) is 0 Å². The van der Waals surface area contributed by atoms with Crippen molar-refractivity contribution >= 4 is 16.9 Å². The zero-order valence-electron chi connectivity index (χ0n) is 20.2. The lowest BCUT2D eigenvalue weighted by atomic mass is 10.0. The van der Waals surface area contributed by atoms with E-state index in [1.54, 1.807) is 12.1 Å². The van der Waals surface area contributed by atoms with E-state index in [-0.39, 0.29) is 42.4 Å². The molecule has 188 valence electrons. The number of fused-ring (bicyclic) bond motifs is 1. The number of unbranched alkanes of at least 4 members (excludes halogenated alkanes) is 1. The number of carbonyl (C=O) groups excluding carboxylic acids is 1. The predicted molar refractivity (Wildman–Crippen MR) is 138 cm³/mol. The van der Waals surface area contributed by atoms with E-state index in [1.807, 2.05) is 35.0 Å². The molecule has 0 saturated carbocycles. The molecule has 4 N–H and O–H groups in total. The molecule has 1 aromatic heterocycles. The van der Waals surface area contributed by atoms with Gasteiger partial charge >= 0.3 is 5.97 Å². The van der Waals surface area contributed by atoms with Crippen LogP contribution in [0.25, 0.3) is 10.9 Å². The van der Waals surface area contributed by atoms with E-state index in [9.17, 15) is 25.2 Å². The number of phenolic OH excluding ortho intramolecular Hbond substituents is 3. The number of aliphatic hydroxyl groups is 1. The van der Waals surface area contributed by atoms with Crippen LogP contribution in [0.4, 0.5) is 0 Å². The number of ether oxygens (including phenoxy) is 1. The second-order valence-electron chi connectivity index (χ2n) is 9.02. The molecule has 1 unspecified atom stereocenters. The van der Waals surface area contributed by atoms with Crippen LogP contribution in [0.2, 0.25) is 0 Å². The number of aliphatic hydroxyl groups excluding tert-OH is 1. The number of benzene rings is 3. The van der Waals surface area contributed by atoms with Gasteiger partial charge in [-0.3, -0.25) is 0 Å². The van der Waals surface area contributed by atoms with Gasteiger partial charge in [-0.05, 0) is 66.4 Å². The quantitative estimate of drug-likeness (QED) is 0.236.